The van der Waals surface area contributed by atoms with Gasteiger partial charge in [0, 0.05) is 16.7 Å². The van der Waals surface area contributed by atoms with Crippen molar-refractivity contribution >= 4 is 23.5 Å². The molecule has 0 saturated carbocycles. The molecule has 0 amide bonds. The van der Waals surface area contributed by atoms with Crippen molar-refractivity contribution in [2.24, 2.45) is 0 Å². The first-order chi connectivity index (χ1) is 9.11. The first kappa shape index (κ1) is 16.2. The van der Waals surface area contributed by atoms with Crippen molar-refractivity contribution in [1.82, 2.24) is 5.10 Å². The molecule has 0 bridgehead atoms. The molecule has 1 aromatic carbocycles. The highest BCUT2D eigenvalue weighted by atomic mass is 35.5. The third-order valence-electron chi connectivity index (χ3n) is 2.52. The Balaban J connectivity index is 0.00000200. The lowest BCUT2D eigenvalue weighted by atomic mass is 10.2. The molecule has 6 heteroatoms. The van der Waals surface area contributed by atoms with Gasteiger partial charge in [0.2, 0.25) is 0 Å². The van der Waals surface area contributed by atoms with Crippen molar-refractivity contribution in [3.63, 3.8) is 0 Å². The van der Waals surface area contributed by atoms with Gasteiger partial charge in [-0.2, -0.15) is 0 Å². The number of para-hydroxylation sites is 1. The predicted molar refractivity (Wildman–Crippen MR) is 75.9 cm³/mol. The standard InChI is InChI=1S/C14H14N2O2S.ClH/c1-3-9-16-13(19-10(2)15-16)8-7-11-5-4-6-12(17)14(11)18;/h3-8,17H,1,9H2,2H3;1H. The molecule has 0 radical (unpaired) electrons. The summed E-state index contributed by atoms with van der Waals surface area (Å²) >= 11 is 1.56. The smallest absolute Gasteiger partial charge is 0.289 e. The van der Waals surface area contributed by atoms with Crippen LogP contribution >= 0.6 is 11.3 Å². The lowest BCUT2D eigenvalue weighted by Crippen LogP contribution is -3.00. The number of aromatic hydroxyl groups is 2. The van der Waals surface area contributed by atoms with Crippen molar-refractivity contribution in [3.05, 3.63) is 46.4 Å². The molecule has 0 atom stereocenters. The lowest BCUT2D eigenvalue weighted by Gasteiger charge is -1.99. The quantitative estimate of drug-likeness (QED) is 0.455. The molecule has 0 aliphatic heterocycles. The SMILES string of the molecule is C=CC[n+]1nc(C)sc1/C=C/c1cccc(O)c1O.[Cl-]. The van der Waals surface area contributed by atoms with Crippen LogP contribution in [0.15, 0.2) is 30.9 Å². The maximum Gasteiger partial charge on any atom is 0.289 e. The van der Waals surface area contributed by atoms with Crippen molar-refractivity contribution in [2.45, 2.75) is 13.5 Å². The highest BCUT2D eigenvalue weighted by Crippen LogP contribution is 2.29. The summed E-state index contributed by atoms with van der Waals surface area (Å²) in [7, 11) is 0. The Morgan fingerprint density at radius 3 is 2.80 bits per heavy atom. The summed E-state index contributed by atoms with van der Waals surface area (Å²) in [5.74, 6) is -0.239. The van der Waals surface area contributed by atoms with E-state index in [4.69, 9.17) is 0 Å². The minimum Gasteiger partial charge on any atom is -1.00 e. The van der Waals surface area contributed by atoms with Crippen LogP contribution in [0.2, 0.25) is 0 Å². The maximum atomic E-state index is 9.72. The molecule has 0 spiro atoms. The Morgan fingerprint density at radius 1 is 1.35 bits per heavy atom. The molecule has 0 fully saturated rings. The number of benzene rings is 1. The van der Waals surface area contributed by atoms with Gasteiger partial charge in [0.05, 0.1) is 0 Å². The second-order valence-corrected chi connectivity index (χ2v) is 5.19. The maximum absolute atomic E-state index is 9.72. The minimum absolute atomic E-state index is 0. The van der Waals surface area contributed by atoms with E-state index in [1.165, 1.54) is 6.07 Å². The van der Waals surface area contributed by atoms with E-state index in [1.54, 1.807) is 35.6 Å². The number of allylic oxidation sites excluding steroid dienone is 1. The van der Waals surface area contributed by atoms with Crippen LogP contribution in [-0.4, -0.2) is 15.3 Å². The number of aryl methyl sites for hydroxylation is 1. The van der Waals surface area contributed by atoms with E-state index < -0.39 is 0 Å². The lowest BCUT2D eigenvalue weighted by molar-refractivity contribution is -0.741. The van der Waals surface area contributed by atoms with Crippen LogP contribution in [0.3, 0.4) is 0 Å². The number of aromatic nitrogens is 2. The zero-order valence-electron chi connectivity index (χ0n) is 11.0. The van der Waals surface area contributed by atoms with Gasteiger partial charge in [-0.1, -0.05) is 23.4 Å². The molecule has 0 saturated heterocycles. The van der Waals surface area contributed by atoms with Crippen LogP contribution in [0.25, 0.3) is 12.2 Å². The molecular weight excluding hydrogens is 296 g/mol. The van der Waals surface area contributed by atoms with Crippen LogP contribution in [0, 0.1) is 6.92 Å². The normalized spacial score (nSPS) is 10.4. The summed E-state index contributed by atoms with van der Waals surface area (Å²) in [6, 6.07) is 4.86. The van der Waals surface area contributed by atoms with Gasteiger partial charge in [0.1, 0.15) is 0 Å². The van der Waals surface area contributed by atoms with Crippen LogP contribution in [0.5, 0.6) is 11.5 Å². The Kier molecular flexibility index (Phi) is 5.73. The van der Waals surface area contributed by atoms with Crippen LogP contribution in [0.4, 0.5) is 0 Å². The third-order valence-corrected chi connectivity index (χ3v) is 3.45. The fourth-order valence-electron chi connectivity index (χ4n) is 1.66. The zero-order valence-corrected chi connectivity index (χ0v) is 12.5. The molecule has 20 heavy (non-hydrogen) atoms. The van der Waals surface area contributed by atoms with Crippen LogP contribution in [-0.2, 0) is 6.54 Å². The summed E-state index contributed by atoms with van der Waals surface area (Å²) in [6.07, 6.45) is 5.40. The molecule has 0 unspecified atom stereocenters. The molecule has 0 aliphatic rings. The molecular formula is C14H15ClN2O2S. The number of rotatable bonds is 4. The summed E-state index contributed by atoms with van der Waals surface area (Å²) < 4.78 is 1.84. The largest absolute Gasteiger partial charge is 1.00 e. The molecule has 2 rings (SSSR count). The Morgan fingerprint density at radius 2 is 2.10 bits per heavy atom. The van der Waals surface area contributed by atoms with Gasteiger partial charge in [-0.25, -0.2) is 0 Å². The number of nitrogens with zero attached hydrogens (tertiary/aromatic N) is 2. The number of phenols is 2. The van der Waals surface area contributed by atoms with E-state index in [9.17, 15) is 10.2 Å². The number of hydrogen-bond donors (Lipinski definition) is 2. The Hall–Kier alpha value is -1.85. The Labute approximate surface area is 127 Å². The number of halogens is 1. The topological polar surface area (TPSA) is 57.2 Å². The molecule has 106 valence electrons. The highest BCUT2D eigenvalue weighted by Gasteiger charge is 2.13. The summed E-state index contributed by atoms with van der Waals surface area (Å²) in [5.41, 5.74) is 0.566. The van der Waals surface area contributed by atoms with Crippen LogP contribution < -0.4 is 17.1 Å². The fraction of sp³-hybridized carbons (Fsp3) is 0.143. The summed E-state index contributed by atoms with van der Waals surface area (Å²) in [5, 5.41) is 25.4. The second-order valence-electron chi connectivity index (χ2n) is 3.98. The van der Waals surface area contributed by atoms with Gasteiger partial charge < -0.3 is 22.6 Å². The predicted octanol–water partition coefficient (Wildman–Crippen LogP) is -0.489. The molecule has 0 aliphatic carbocycles. The van der Waals surface area contributed by atoms with Crippen molar-refractivity contribution in [3.8, 4) is 11.5 Å². The van der Waals surface area contributed by atoms with Gasteiger partial charge in [0.25, 0.3) is 5.01 Å². The van der Waals surface area contributed by atoms with Gasteiger partial charge in [0.15, 0.2) is 23.1 Å². The van der Waals surface area contributed by atoms with E-state index in [0.29, 0.717) is 12.1 Å². The molecule has 1 aromatic heterocycles. The third kappa shape index (κ3) is 3.59. The van der Waals surface area contributed by atoms with Crippen molar-refractivity contribution < 1.29 is 27.3 Å². The van der Waals surface area contributed by atoms with E-state index in [1.807, 2.05) is 17.7 Å². The fourth-order valence-corrected chi connectivity index (χ4v) is 2.46. The highest BCUT2D eigenvalue weighted by molar-refractivity contribution is 7.11. The Bertz CT molecular complexity index is 638. The van der Waals surface area contributed by atoms with Crippen molar-refractivity contribution in [2.75, 3.05) is 0 Å². The molecule has 4 nitrogen and oxygen atoms in total. The summed E-state index contributed by atoms with van der Waals surface area (Å²) in [6.45, 7) is 6.27. The number of phenolic OH excluding ortho intramolecular Hbond substituents is 2. The molecule has 2 N–H and O–H groups in total. The monoisotopic (exact) mass is 310 g/mol. The molecule has 1 heterocycles. The van der Waals surface area contributed by atoms with E-state index >= 15 is 0 Å². The minimum atomic E-state index is -0.124. The first-order valence-corrected chi connectivity index (χ1v) is 6.61. The average Bonchev–Trinajstić information content (AvgIpc) is 2.72. The van der Waals surface area contributed by atoms with E-state index in [0.717, 1.165) is 10.0 Å². The van der Waals surface area contributed by atoms with Gasteiger partial charge in [-0.3, -0.25) is 0 Å². The molecule has 2 aromatic rings. The van der Waals surface area contributed by atoms with E-state index in [2.05, 4.69) is 11.7 Å². The van der Waals surface area contributed by atoms with Gasteiger partial charge >= 0.3 is 0 Å². The van der Waals surface area contributed by atoms with Crippen LogP contribution in [0.1, 0.15) is 15.6 Å². The second kappa shape index (κ2) is 7.07. The zero-order chi connectivity index (χ0) is 13.8. The van der Waals surface area contributed by atoms with Crippen molar-refractivity contribution in [1.29, 1.82) is 0 Å². The number of hydrogen-bond acceptors (Lipinski definition) is 4. The first-order valence-electron chi connectivity index (χ1n) is 5.79. The van der Waals surface area contributed by atoms with E-state index in [-0.39, 0.29) is 23.9 Å². The summed E-state index contributed by atoms with van der Waals surface area (Å²) in [4.78, 5) is 0. The van der Waals surface area contributed by atoms with Gasteiger partial charge in [-0.15, -0.1) is 0 Å². The average molecular weight is 311 g/mol. The van der Waals surface area contributed by atoms with Gasteiger partial charge in [-0.05, 0) is 36.5 Å².